The van der Waals surface area contributed by atoms with Crippen LogP contribution >= 0.6 is 11.3 Å². The number of aliphatic hydroxyl groups is 1. The van der Waals surface area contributed by atoms with Crippen molar-refractivity contribution >= 4 is 27.5 Å². The fraction of sp³-hybridized carbons (Fsp3) is 0.429. The molecule has 4 nitrogen and oxygen atoms in total. The van der Waals surface area contributed by atoms with Crippen LogP contribution < -0.4 is 0 Å². The molecule has 0 fully saturated rings. The summed E-state index contributed by atoms with van der Waals surface area (Å²) in [5.41, 5.74) is 0.998. The SMILES string of the molecule is CCN(CCO)C(=O)CCc1nc2ccccc2s1. The first-order chi connectivity index (χ1) is 9.24. The fourth-order valence-electron chi connectivity index (χ4n) is 1.98. The Bertz CT molecular complexity index is 520. The van der Waals surface area contributed by atoms with Crippen molar-refractivity contribution in [3.05, 3.63) is 29.3 Å². The van der Waals surface area contributed by atoms with Gasteiger partial charge in [0.15, 0.2) is 0 Å². The van der Waals surface area contributed by atoms with Crippen LogP contribution in [-0.2, 0) is 11.2 Å². The summed E-state index contributed by atoms with van der Waals surface area (Å²) >= 11 is 1.64. The highest BCUT2D eigenvalue weighted by Gasteiger charge is 2.12. The average Bonchev–Trinajstić information content (AvgIpc) is 2.85. The zero-order valence-electron chi connectivity index (χ0n) is 11.0. The van der Waals surface area contributed by atoms with Gasteiger partial charge in [-0.3, -0.25) is 4.79 Å². The lowest BCUT2D eigenvalue weighted by molar-refractivity contribution is -0.131. The molecule has 102 valence electrons. The molecule has 0 unspecified atom stereocenters. The van der Waals surface area contributed by atoms with Gasteiger partial charge in [0.05, 0.1) is 21.8 Å². The van der Waals surface area contributed by atoms with E-state index in [1.54, 1.807) is 16.2 Å². The molecule has 0 spiro atoms. The van der Waals surface area contributed by atoms with Crippen LogP contribution in [0.15, 0.2) is 24.3 Å². The molecule has 1 aromatic carbocycles. The van der Waals surface area contributed by atoms with Crippen molar-refractivity contribution in [1.29, 1.82) is 0 Å². The van der Waals surface area contributed by atoms with Crippen molar-refractivity contribution in [3.63, 3.8) is 0 Å². The molecule has 2 rings (SSSR count). The van der Waals surface area contributed by atoms with E-state index in [0.717, 1.165) is 15.2 Å². The van der Waals surface area contributed by atoms with E-state index >= 15 is 0 Å². The third-order valence-electron chi connectivity index (χ3n) is 3.00. The minimum Gasteiger partial charge on any atom is -0.395 e. The molecule has 1 amide bonds. The third kappa shape index (κ3) is 3.52. The molecule has 2 aromatic rings. The van der Waals surface area contributed by atoms with Gasteiger partial charge in [-0.05, 0) is 19.1 Å². The zero-order valence-corrected chi connectivity index (χ0v) is 11.8. The normalized spacial score (nSPS) is 10.8. The van der Waals surface area contributed by atoms with E-state index in [0.29, 0.717) is 25.9 Å². The summed E-state index contributed by atoms with van der Waals surface area (Å²) in [7, 11) is 0. The first-order valence-electron chi connectivity index (χ1n) is 6.47. The van der Waals surface area contributed by atoms with Crippen LogP contribution in [0.2, 0.25) is 0 Å². The van der Waals surface area contributed by atoms with Gasteiger partial charge in [0.2, 0.25) is 5.91 Å². The number of rotatable bonds is 6. The molecule has 0 saturated heterocycles. The van der Waals surface area contributed by atoms with Crippen LogP contribution in [0, 0.1) is 0 Å². The lowest BCUT2D eigenvalue weighted by Crippen LogP contribution is -2.33. The zero-order chi connectivity index (χ0) is 13.7. The standard InChI is InChI=1S/C14H18N2O2S/c1-2-16(9-10-17)14(18)8-7-13-15-11-5-3-4-6-12(11)19-13/h3-6,17H,2,7-10H2,1H3. The van der Waals surface area contributed by atoms with Crippen molar-refractivity contribution in [2.75, 3.05) is 19.7 Å². The maximum atomic E-state index is 11.9. The molecule has 0 atom stereocenters. The summed E-state index contributed by atoms with van der Waals surface area (Å²) < 4.78 is 1.16. The quantitative estimate of drug-likeness (QED) is 0.880. The van der Waals surface area contributed by atoms with Crippen LogP contribution in [0.4, 0.5) is 0 Å². The Morgan fingerprint density at radius 2 is 2.21 bits per heavy atom. The average molecular weight is 278 g/mol. The Balaban J connectivity index is 1.96. The molecule has 0 bridgehead atoms. The molecule has 1 N–H and O–H groups in total. The van der Waals surface area contributed by atoms with E-state index in [1.807, 2.05) is 31.2 Å². The van der Waals surface area contributed by atoms with Gasteiger partial charge < -0.3 is 10.0 Å². The van der Waals surface area contributed by atoms with E-state index in [9.17, 15) is 4.79 Å². The summed E-state index contributed by atoms with van der Waals surface area (Å²) in [6.45, 7) is 2.99. The number of aromatic nitrogens is 1. The van der Waals surface area contributed by atoms with Crippen molar-refractivity contribution in [1.82, 2.24) is 9.88 Å². The molecule has 0 aliphatic rings. The first-order valence-corrected chi connectivity index (χ1v) is 7.29. The minimum absolute atomic E-state index is 0.0146. The Kier molecular flexibility index (Phi) is 4.87. The number of likely N-dealkylation sites (N-methyl/N-ethyl adjacent to an activating group) is 1. The second-order valence-electron chi connectivity index (χ2n) is 4.27. The van der Waals surface area contributed by atoms with E-state index < -0.39 is 0 Å². The highest BCUT2D eigenvalue weighted by Crippen LogP contribution is 2.22. The lowest BCUT2D eigenvalue weighted by atomic mass is 10.2. The van der Waals surface area contributed by atoms with Crippen molar-refractivity contribution in [2.24, 2.45) is 0 Å². The second kappa shape index (κ2) is 6.63. The topological polar surface area (TPSA) is 53.4 Å². The van der Waals surface area contributed by atoms with Crippen LogP contribution in [0.1, 0.15) is 18.4 Å². The Morgan fingerprint density at radius 3 is 2.89 bits per heavy atom. The van der Waals surface area contributed by atoms with Gasteiger partial charge in [0, 0.05) is 25.9 Å². The maximum absolute atomic E-state index is 11.9. The third-order valence-corrected chi connectivity index (χ3v) is 4.09. The number of aliphatic hydroxyl groups excluding tert-OH is 1. The number of carbonyl (C=O) groups is 1. The number of benzene rings is 1. The number of amides is 1. The minimum atomic E-state index is 0.0146. The molecular formula is C14H18N2O2S. The van der Waals surface area contributed by atoms with E-state index in [4.69, 9.17) is 5.11 Å². The number of aryl methyl sites for hydroxylation is 1. The second-order valence-corrected chi connectivity index (χ2v) is 5.39. The monoisotopic (exact) mass is 278 g/mol. The highest BCUT2D eigenvalue weighted by atomic mass is 32.1. The maximum Gasteiger partial charge on any atom is 0.223 e. The number of hydrogen-bond acceptors (Lipinski definition) is 4. The van der Waals surface area contributed by atoms with Crippen molar-refractivity contribution < 1.29 is 9.90 Å². The van der Waals surface area contributed by atoms with Crippen LogP contribution in [0.5, 0.6) is 0 Å². The van der Waals surface area contributed by atoms with Gasteiger partial charge >= 0.3 is 0 Å². The van der Waals surface area contributed by atoms with Crippen LogP contribution in [-0.4, -0.2) is 40.6 Å². The van der Waals surface area contributed by atoms with Crippen LogP contribution in [0.3, 0.4) is 0 Å². The molecule has 0 aliphatic heterocycles. The van der Waals surface area contributed by atoms with E-state index in [2.05, 4.69) is 4.98 Å². The highest BCUT2D eigenvalue weighted by molar-refractivity contribution is 7.18. The number of carbonyl (C=O) groups excluding carboxylic acids is 1. The first kappa shape index (κ1) is 14.0. The Hall–Kier alpha value is -1.46. The van der Waals surface area contributed by atoms with Crippen molar-refractivity contribution in [2.45, 2.75) is 19.8 Å². The van der Waals surface area contributed by atoms with Gasteiger partial charge in [0.25, 0.3) is 0 Å². The smallest absolute Gasteiger partial charge is 0.223 e. The number of nitrogens with zero attached hydrogens (tertiary/aromatic N) is 2. The molecular weight excluding hydrogens is 260 g/mol. The van der Waals surface area contributed by atoms with Crippen molar-refractivity contribution in [3.8, 4) is 0 Å². The number of thiazole rings is 1. The molecule has 19 heavy (non-hydrogen) atoms. The Labute approximate surface area is 116 Å². The Morgan fingerprint density at radius 1 is 1.42 bits per heavy atom. The summed E-state index contributed by atoms with van der Waals surface area (Å²) in [6.07, 6.45) is 1.12. The summed E-state index contributed by atoms with van der Waals surface area (Å²) in [5, 5.41) is 9.89. The van der Waals surface area contributed by atoms with Gasteiger partial charge in [-0.1, -0.05) is 12.1 Å². The fourth-order valence-corrected chi connectivity index (χ4v) is 2.95. The molecule has 5 heteroatoms. The molecule has 0 saturated carbocycles. The summed E-state index contributed by atoms with van der Waals surface area (Å²) in [4.78, 5) is 18.1. The number of fused-ring (bicyclic) bond motifs is 1. The lowest BCUT2D eigenvalue weighted by Gasteiger charge is -2.19. The molecule has 1 heterocycles. The van der Waals surface area contributed by atoms with Gasteiger partial charge in [0.1, 0.15) is 0 Å². The predicted octanol–water partition coefficient (Wildman–Crippen LogP) is 2.07. The van der Waals surface area contributed by atoms with E-state index in [1.165, 1.54) is 0 Å². The predicted molar refractivity (Wildman–Crippen MR) is 77.3 cm³/mol. The van der Waals surface area contributed by atoms with Gasteiger partial charge in [-0.15, -0.1) is 11.3 Å². The summed E-state index contributed by atoms with van der Waals surface area (Å²) in [5.74, 6) is 0.0795. The van der Waals surface area contributed by atoms with Crippen LogP contribution in [0.25, 0.3) is 10.2 Å². The molecule has 0 aliphatic carbocycles. The summed E-state index contributed by atoms with van der Waals surface area (Å²) in [6, 6.07) is 8.00. The largest absolute Gasteiger partial charge is 0.395 e. The van der Waals surface area contributed by atoms with Gasteiger partial charge in [-0.25, -0.2) is 4.98 Å². The molecule has 0 radical (unpaired) electrons. The van der Waals surface area contributed by atoms with Gasteiger partial charge in [-0.2, -0.15) is 0 Å². The number of hydrogen-bond donors (Lipinski definition) is 1. The van der Waals surface area contributed by atoms with E-state index in [-0.39, 0.29) is 12.5 Å². The number of para-hydroxylation sites is 1. The molecule has 1 aromatic heterocycles.